The molecule has 0 bridgehead atoms. The van der Waals surface area contributed by atoms with Crippen molar-refractivity contribution in [1.82, 2.24) is 0 Å². The molecule has 0 atom stereocenters. The first kappa shape index (κ1) is 31.6. The highest BCUT2D eigenvalue weighted by Gasteiger charge is 2.40. The number of carbonyl (C=O) groups excluding carboxylic acids is 2. The van der Waals surface area contributed by atoms with Gasteiger partial charge in [0, 0.05) is 17.9 Å². The van der Waals surface area contributed by atoms with Gasteiger partial charge in [-0.3, -0.25) is 4.79 Å². The number of ether oxygens (including phenoxy) is 5. The summed E-state index contributed by atoms with van der Waals surface area (Å²) in [5, 5.41) is 2.16. The summed E-state index contributed by atoms with van der Waals surface area (Å²) >= 11 is 0. The van der Waals surface area contributed by atoms with Crippen molar-refractivity contribution < 1.29 is 37.7 Å². The summed E-state index contributed by atoms with van der Waals surface area (Å²) in [7, 11) is 0.538. The predicted molar refractivity (Wildman–Crippen MR) is 164 cm³/mol. The Bertz CT molecular complexity index is 1390. The first-order chi connectivity index (χ1) is 20.0. The molecular formula is C33H41FO7S. The van der Waals surface area contributed by atoms with E-state index in [0.29, 0.717) is 32.3 Å². The fourth-order valence-electron chi connectivity index (χ4n) is 4.95. The Morgan fingerprint density at radius 2 is 1.71 bits per heavy atom. The number of benzene rings is 3. The standard InChI is InChI=1S/C33H41FO7S/c1-33(32(36)39-21-24-11-8-10-23-9-6-7-12-26(23)24)15-13-25(14-16-33)41-30-19-27(31(35)37-2)29(20-28(30)34)40-22-38-17-18-42(3,4)5/h6-12,19-20,25H,13-18,21-22H2,1-5H3/t25-,33+. The Morgan fingerprint density at radius 3 is 2.43 bits per heavy atom. The van der Waals surface area contributed by atoms with Crippen LogP contribution in [0.1, 0.15) is 48.5 Å². The largest absolute Gasteiger partial charge is 0.487 e. The molecule has 1 aliphatic rings. The van der Waals surface area contributed by atoms with Gasteiger partial charge in [-0.15, -0.1) is 0 Å². The number of fused-ring (bicyclic) bond motifs is 1. The van der Waals surface area contributed by atoms with Gasteiger partial charge in [0.1, 0.15) is 17.9 Å². The summed E-state index contributed by atoms with van der Waals surface area (Å²) in [6, 6.07) is 16.4. The summed E-state index contributed by atoms with van der Waals surface area (Å²) in [5.74, 6) is -0.699. The van der Waals surface area contributed by atoms with Crippen molar-refractivity contribution >= 4 is 32.7 Å². The van der Waals surface area contributed by atoms with Crippen LogP contribution in [0, 0.1) is 11.2 Å². The molecule has 9 heteroatoms. The Hall–Kier alpha value is -3.30. The van der Waals surface area contributed by atoms with Crippen LogP contribution in [0.4, 0.5) is 4.39 Å². The van der Waals surface area contributed by atoms with E-state index in [4.69, 9.17) is 23.7 Å². The maximum Gasteiger partial charge on any atom is 0.341 e. The molecule has 1 aliphatic carbocycles. The van der Waals surface area contributed by atoms with Gasteiger partial charge in [-0.05, 0) is 67.7 Å². The molecule has 0 spiro atoms. The molecule has 1 saturated carbocycles. The van der Waals surface area contributed by atoms with Crippen LogP contribution in [0.5, 0.6) is 11.5 Å². The number of halogens is 1. The van der Waals surface area contributed by atoms with Crippen molar-refractivity contribution in [2.75, 3.05) is 45.0 Å². The molecule has 3 aromatic rings. The van der Waals surface area contributed by atoms with E-state index in [1.54, 1.807) is 0 Å². The molecule has 42 heavy (non-hydrogen) atoms. The van der Waals surface area contributed by atoms with Gasteiger partial charge in [0.25, 0.3) is 0 Å². The molecule has 0 aromatic heterocycles. The van der Waals surface area contributed by atoms with Crippen LogP contribution in [0.2, 0.25) is 0 Å². The minimum Gasteiger partial charge on any atom is -0.487 e. The number of hydrogen-bond donors (Lipinski definition) is 0. The Labute approximate surface area is 248 Å². The maximum absolute atomic E-state index is 15.1. The van der Waals surface area contributed by atoms with Crippen LogP contribution in [0.15, 0.2) is 54.6 Å². The molecular weight excluding hydrogens is 559 g/mol. The molecule has 0 unspecified atom stereocenters. The van der Waals surface area contributed by atoms with Crippen molar-refractivity contribution in [3.63, 3.8) is 0 Å². The second-order valence-corrected chi connectivity index (χ2v) is 16.4. The van der Waals surface area contributed by atoms with Crippen molar-refractivity contribution in [3.8, 4) is 11.5 Å². The van der Waals surface area contributed by atoms with Gasteiger partial charge in [-0.25, -0.2) is 19.2 Å². The van der Waals surface area contributed by atoms with Crippen LogP contribution in [-0.4, -0.2) is 63.1 Å². The number of methoxy groups -OCH3 is 1. The highest BCUT2D eigenvalue weighted by Crippen LogP contribution is 2.40. The third-order valence-corrected chi connectivity index (χ3v) is 9.03. The number of rotatable bonds is 12. The zero-order valence-corrected chi connectivity index (χ0v) is 25.9. The molecule has 0 heterocycles. The van der Waals surface area contributed by atoms with Crippen LogP contribution in [0.3, 0.4) is 0 Å². The van der Waals surface area contributed by atoms with Crippen molar-refractivity contribution in [1.29, 1.82) is 0 Å². The molecule has 0 radical (unpaired) electrons. The molecule has 1 fully saturated rings. The Balaban J connectivity index is 1.34. The second-order valence-electron chi connectivity index (χ2n) is 11.8. The Kier molecular flexibility index (Phi) is 10.4. The van der Waals surface area contributed by atoms with E-state index < -0.39 is 27.2 Å². The first-order valence-corrected chi connectivity index (χ1v) is 17.1. The van der Waals surface area contributed by atoms with E-state index in [1.165, 1.54) is 13.2 Å². The summed E-state index contributed by atoms with van der Waals surface area (Å²) < 4.78 is 42.8. The lowest BCUT2D eigenvalue weighted by Gasteiger charge is -2.35. The molecule has 0 aliphatic heterocycles. The van der Waals surface area contributed by atoms with Gasteiger partial charge in [-0.2, -0.15) is 0 Å². The third kappa shape index (κ3) is 8.16. The van der Waals surface area contributed by atoms with E-state index in [1.807, 2.05) is 49.4 Å². The van der Waals surface area contributed by atoms with Gasteiger partial charge in [0.05, 0.1) is 25.2 Å². The Morgan fingerprint density at radius 1 is 1.00 bits per heavy atom. The fraction of sp³-hybridized carbons (Fsp3) is 0.455. The lowest BCUT2D eigenvalue weighted by molar-refractivity contribution is -0.159. The minimum atomic E-state index is -0.712. The topological polar surface area (TPSA) is 80.3 Å². The van der Waals surface area contributed by atoms with Gasteiger partial charge in [0.15, 0.2) is 18.4 Å². The van der Waals surface area contributed by atoms with Gasteiger partial charge in [-0.1, -0.05) is 42.5 Å². The lowest BCUT2D eigenvalue weighted by atomic mass is 9.74. The molecule has 228 valence electrons. The van der Waals surface area contributed by atoms with E-state index in [-0.39, 0.29) is 42.5 Å². The zero-order chi connectivity index (χ0) is 30.3. The van der Waals surface area contributed by atoms with E-state index in [0.717, 1.165) is 28.2 Å². The van der Waals surface area contributed by atoms with Crippen molar-refractivity contribution in [3.05, 3.63) is 71.5 Å². The molecule has 0 saturated heterocycles. The van der Waals surface area contributed by atoms with Gasteiger partial charge in [0.2, 0.25) is 0 Å². The smallest absolute Gasteiger partial charge is 0.341 e. The minimum absolute atomic E-state index is 0.0277. The van der Waals surface area contributed by atoms with Gasteiger partial charge >= 0.3 is 11.9 Å². The zero-order valence-electron chi connectivity index (χ0n) is 25.1. The van der Waals surface area contributed by atoms with Crippen LogP contribution in [-0.2, 0) is 25.6 Å². The molecule has 7 nitrogen and oxygen atoms in total. The number of hydrogen-bond acceptors (Lipinski definition) is 7. The average molecular weight is 601 g/mol. The van der Waals surface area contributed by atoms with Crippen molar-refractivity contribution in [2.45, 2.75) is 45.3 Å². The fourth-order valence-corrected chi connectivity index (χ4v) is 5.57. The van der Waals surface area contributed by atoms with E-state index >= 15 is 4.39 Å². The maximum atomic E-state index is 15.1. The highest BCUT2D eigenvalue weighted by molar-refractivity contribution is 8.32. The monoisotopic (exact) mass is 600 g/mol. The summed E-state index contributed by atoms with van der Waals surface area (Å²) in [6.45, 7) is 2.50. The summed E-state index contributed by atoms with van der Waals surface area (Å²) in [5.41, 5.74) is 0.354. The summed E-state index contributed by atoms with van der Waals surface area (Å²) in [6.07, 6.45) is 8.38. The van der Waals surface area contributed by atoms with Crippen molar-refractivity contribution in [2.24, 2.45) is 5.41 Å². The predicted octanol–water partition coefficient (Wildman–Crippen LogP) is 6.88. The molecule has 4 rings (SSSR count). The van der Waals surface area contributed by atoms with Gasteiger partial charge < -0.3 is 23.7 Å². The SMILES string of the molecule is COC(=O)c1cc(O[C@H]2CC[C@@](C)(C(=O)OCc3cccc4ccccc34)CC2)c(F)cc1OCOCCS(C)(C)C. The highest BCUT2D eigenvalue weighted by atomic mass is 32.3. The molecule has 0 N–H and O–H groups in total. The van der Waals surface area contributed by atoms with E-state index in [2.05, 4.69) is 18.8 Å². The first-order valence-electron chi connectivity index (χ1n) is 14.1. The average Bonchev–Trinajstić information content (AvgIpc) is 2.97. The normalized spacial score (nSPS) is 19.2. The number of esters is 2. The third-order valence-electron chi connectivity index (χ3n) is 7.64. The molecule has 3 aromatic carbocycles. The quantitative estimate of drug-likeness (QED) is 0.127. The van der Waals surface area contributed by atoms with E-state index in [9.17, 15) is 9.59 Å². The van der Waals surface area contributed by atoms with Crippen LogP contribution in [0.25, 0.3) is 10.8 Å². The van der Waals surface area contributed by atoms with Crippen LogP contribution < -0.4 is 9.47 Å². The number of carbonyl (C=O) groups is 2. The lowest BCUT2D eigenvalue weighted by Crippen LogP contribution is -2.37. The molecule has 0 amide bonds. The van der Waals surface area contributed by atoms with Crippen LogP contribution >= 0.6 is 10.0 Å². The second kappa shape index (κ2) is 13.8. The summed E-state index contributed by atoms with van der Waals surface area (Å²) in [4.78, 5) is 25.6.